The first kappa shape index (κ1) is 14.1. The van der Waals surface area contributed by atoms with Crippen LogP contribution in [0.3, 0.4) is 0 Å². The van der Waals surface area contributed by atoms with E-state index >= 15 is 0 Å². The fourth-order valence-corrected chi connectivity index (χ4v) is 1.91. The Morgan fingerprint density at radius 2 is 1.95 bits per heavy atom. The first-order chi connectivity index (χ1) is 9.63. The summed E-state index contributed by atoms with van der Waals surface area (Å²) < 4.78 is 9.55. The van der Waals surface area contributed by atoms with E-state index in [0.29, 0.717) is 5.56 Å². The molecule has 0 aliphatic rings. The largest absolute Gasteiger partial charge is 0.467 e. The number of esters is 1. The normalized spacial score (nSPS) is 11.7. The topological polar surface area (TPSA) is 68.5 Å². The van der Waals surface area contributed by atoms with Gasteiger partial charge < -0.3 is 14.5 Å². The maximum atomic E-state index is 12.1. The van der Waals surface area contributed by atoms with Crippen molar-refractivity contribution in [2.24, 2.45) is 0 Å². The van der Waals surface area contributed by atoms with Gasteiger partial charge in [-0.25, -0.2) is 4.79 Å². The second kappa shape index (κ2) is 6.25. The summed E-state index contributed by atoms with van der Waals surface area (Å²) in [6.07, 6.45) is 1.30. The Kier molecular flexibility index (Phi) is 4.42. The van der Waals surface area contributed by atoms with E-state index in [1.165, 1.54) is 19.4 Å². The Morgan fingerprint density at radius 1 is 1.25 bits per heavy atom. The maximum Gasteiger partial charge on any atom is 0.333 e. The van der Waals surface area contributed by atoms with E-state index in [2.05, 4.69) is 5.32 Å². The standard InChI is InChI=1S/C14H12ClNO4/c1-19-14(18)11(9-5-3-2-4-6-9)16-13(17)10-7-8-20-12(10)15/h2-8,11H,1H3,(H,16,17). The Bertz CT molecular complexity index is 609. The molecule has 0 bridgehead atoms. The van der Waals surface area contributed by atoms with E-state index in [-0.39, 0.29) is 10.8 Å². The third-order valence-corrected chi connectivity index (χ3v) is 3.00. The first-order valence-electron chi connectivity index (χ1n) is 5.80. The van der Waals surface area contributed by atoms with E-state index < -0.39 is 17.9 Å². The van der Waals surface area contributed by atoms with Crippen LogP contribution in [-0.4, -0.2) is 19.0 Å². The lowest BCUT2D eigenvalue weighted by Gasteiger charge is -2.16. The number of furan rings is 1. The van der Waals surface area contributed by atoms with Gasteiger partial charge in [0.15, 0.2) is 6.04 Å². The average molecular weight is 294 g/mol. The lowest BCUT2D eigenvalue weighted by molar-refractivity contribution is -0.143. The van der Waals surface area contributed by atoms with Crippen LogP contribution >= 0.6 is 11.6 Å². The molecule has 2 rings (SSSR count). The summed E-state index contributed by atoms with van der Waals surface area (Å²) in [6, 6.07) is 9.31. The number of halogens is 1. The van der Waals surface area contributed by atoms with Gasteiger partial charge in [-0.1, -0.05) is 30.3 Å². The fraction of sp³-hybridized carbons (Fsp3) is 0.143. The van der Waals surface area contributed by atoms with Crippen molar-refractivity contribution >= 4 is 23.5 Å². The minimum atomic E-state index is -0.903. The van der Waals surface area contributed by atoms with E-state index in [1.54, 1.807) is 24.3 Å². The van der Waals surface area contributed by atoms with Gasteiger partial charge in [-0.05, 0) is 23.2 Å². The number of carbonyl (C=O) groups is 2. The van der Waals surface area contributed by atoms with Gasteiger partial charge in [-0.2, -0.15) is 0 Å². The molecule has 1 heterocycles. The van der Waals surface area contributed by atoms with E-state index in [4.69, 9.17) is 20.8 Å². The van der Waals surface area contributed by atoms with Gasteiger partial charge in [0.1, 0.15) is 0 Å². The Hall–Kier alpha value is -2.27. The van der Waals surface area contributed by atoms with Gasteiger partial charge in [0, 0.05) is 0 Å². The van der Waals surface area contributed by atoms with Crippen LogP contribution in [0.2, 0.25) is 5.22 Å². The molecular weight excluding hydrogens is 282 g/mol. The summed E-state index contributed by atoms with van der Waals surface area (Å²) in [5.74, 6) is -1.08. The van der Waals surface area contributed by atoms with Gasteiger partial charge in [0.25, 0.3) is 5.91 Å². The Labute approximate surface area is 120 Å². The van der Waals surface area contributed by atoms with E-state index in [1.807, 2.05) is 6.07 Å². The molecule has 1 unspecified atom stereocenters. The van der Waals surface area contributed by atoms with E-state index in [0.717, 1.165) is 0 Å². The molecule has 1 atom stereocenters. The molecule has 0 aliphatic carbocycles. The molecule has 0 saturated carbocycles. The van der Waals surface area contributed by atoms with Crippen molar-refractivity contribution in [1.29, 1.82) is 0 Å². The predicted molar refractivity (Wildman–Crippen MR) is 72.4 cm³/mol. The molecule has 104 valence electrons. The molecule has 0 saturated heterocycles. The number of methoxy groups -OCH3 is 1. The molecule has 5 nitrogen and oxygen atoms in total. The number of hydrogen-bond donors (Lipinski definition) is 1. The molecule has 1 aromatic carbocycles. The summed E-state index contributed by atoms with van der Waals surface area (Å²) >= 11 is 5.73. The highest BCUT2D eigenvalue weighted by Crippen LogP contribution is 2.19. The number of carbonyl (C=O) groups excluding carboxylic acids is 2. The van der Waals surface area contributed by atoms with Crippen molar-refractivity contribution in [2.75, 3.05) is 7.11 Å². The maximum absolute atomic E-state index is 12.1. The van der Waals surface area contributed by atoms with Crippen LogP contribution in [0.1, 0.15) is 22.0 Å². The van der Waals surface area contributed by atoms with Crippen molar-refractivity contribution in [1.82, 2.24) is 5.32 Å². The van der Waals surface area contributed by atoms with Crippen molar-refractivity contribution in [3.8, 4) is 0 Å². The second-order valence-electron chi connectivity index (χ2n) is 3.95. The van der Waals surface area contributed by atoms with Crippen LogP contribution < -0.4 is 5.32 Å². The minimum absolute atomic E-state index is 0.0285. The summed E-state index contributed by atoms with van der Waals surface area (Å²) in [5.41, 5.74) is 0.781. The molecule has 0 aliphatic heterocycles. The highest BCUT2D eigenvalue weighted by Gasteiger charge is 2.25. The summed E-state index contributed by atoms with van der Waals surface area (Å²) in [4.78, 5) is 23.9. The molecule has 6 heteroatoms. The van der Waals surface area contributed by atoms with Gasteiger partial charge in [-0.15, -0.1) is 0 Å². The van der Waals surface area contributed by atoms with Crippen LogP contribution in [0.4, 0.5) is 0 Å². The highest BCUT2D eigenvalue weighted by molar-refractivity contribution is 6.32. The van der Waals surface area contributed by atoms with Gasteiger partial charge in [0.2, 0.25) is 5.22 Å². The molecule has 20 heavy (non-hydrogen) atoms. The van der Waals surface area contributed by atoms with Gasteiger partial charge in [-0.3, -0.25) is 4.79 Å². The number of amides is 1. The molecule has 0 fully saturated rings. The van der Waals surface area contributed by atoms with Crippen LogP contribution in [0.5, 0.6) is 0 Å². The summed E-state index contributed by atoms with van der Waals surface area (Å²) in [7, 11) is 1.26. The zero-order chi connectivity index (χ0) is 14.5. The third-order valence-electron chi connectivity index (χ3n) is 2.71. The number of ether oxygens (including phenoxy) is 1. The Morgan fingerprint density at radius 3 is 2.50 bits per heavy atom. The van der Waals surface area contributed by atoms with Crippen molar-refractivity contribution in [3.63, 3.8) is 0 Å². The minimum Gasteiger partial charge on any atom is -0.467 e. The number of rotatable bonds is 4. The van der Waals surface area contributed by atoms with Gasteiger partial charge >= 0.3 is 5.97 Å². The number of benzene rings is 1. The van der Waals surface area contributed by atoms with Crippen molar-refractivity contribution < 1.29 is 18.7 Å². The molecular formula is C14H12ClNO4. The third kappa shape index (κ3) is 3.00. The fourth-order valence-electron chi connectivity index (χ4n) is 1.71. The molecule has 2 aromatic rings. The summed E-state index contributed by atoms with van der Waals surface area (Å²) in [6.45, 7) is 0. The lowest BCUT2D eigenvalue weighted by atomic mass is 10.1. The second-order valence-corrected chi connectivity index (χ2v) is 4.29. The highest BCUT2D eigenvalue weighted by atomic mass is 35.5. The SMILES string of the molecule is COC(=O)C(NC(=O)c1ccoc1Cl)c1ccccc1. The predicted octanol–water partition coefficient (Wildman–Crippen LogP) is 2.58. The summed E-state index contributed by atoms with van der Waals surface area (Å²) in [5, 5.41) is 2.54. The number of hydrogen-bond acceptors (Lipinski definition) is 4. The van der Waals surface area contributed by atoms with Gasteiger partial charge in [0.05, 0.1) is 18.9 Å². The van der Waals surface area contributed by atoms with Crippen molar-refractivity contribution in [3.05, 3.63) is 59.0 Å². The molecule has 1 aromatic heterocycles. The zero-order valence-corrected chi connectivity index (χ0v) is 11.4. The average Bonchev–Trinajstić information content (AvgIpc) is 2.91. The lowest BCUT2D eigenvalue weighted by Crippen LogP contribution is -2.34. The first-order valence-corrected chi connectivity index (χ1v) is 6.18. The van der Waals surface area contributed by atoms with Crippen LogP contribution in [0, 0.1) is 0 Å². The quantitative estimate of drug-likeness (QED) is 0.880. The molecule has 1 N–H and O–H groups in total. The zero-order valence-electron chi connectivity index (χ0n) is 10.6. The van der Waals surface area contributed by atoms with E-state index in [9.17, 15) is 9.59 Å². The van der Waals surface area contributed by atoms with Crippen molar-refractivity contribution in [2.45, 2.75) is 6.04 Å². The molecule has 0 radical (unpaired) electrons. The smallest absolute Gasteiger partial charge is 0.333 e. The van der Waals surface area contributed by atoms with Crippen LogP contribution in [0.25, 0.3) is 0 Å². The molecule has 1 amide bonds. The van der Waals surface area contributed by atoms with Crippen LogP contribution in [0.15, 0.2) is 47.1 Å². The van der Waals surface area contributed by atoms with Crippen LogP contribution in [-0.2, 0) is 9.53 Å². The monoisotopic (exact) mass is 293 g/mol. The molecule has 0 spiro atoms. The number of nitrogens with one attached hydrogen (secondary N) is 1. The Balaban J connectivity index is 2.23.